The summed E-state index contributed by atoms with van der Waals surface area (Å²) in [6.07, 6.45) is 3.03. The van der Waals surface area contributed by atoms with E-state index >= 15 is 0 Å². The Morgan fingerprint density at radius 2 is 1.80 bits per heavy atom. The van der Waals surface area contributed by atoms with Crippen LogP contribution in [-0.4, -0.2) is 10.9 Å². The van der Waals surface area contributed by atoms with Crippen LogP contribution in [0.25, 0.3) is 0 Å². The van der Waals surface area contributed by atoms with E-state index in [1.54, 1.807) is 6.20 Å². The molecular formula is C16H19N3O. The molecule has 0 spiro atoms. The predicted molar refractivity (Wildman–Crippen MR) is 82.2 cm³/mol. The number of carbonyl (C=O) groups excluding carboxylic acids is 1. The van der Waals surface area contributed by atoms with E-state index in [0.29, 0.717) is 6.42 Å². The lowest BCUT2D eigenvalue weighted by atomic mass is 10.2. The fourth-order valence-corrected chi connectivity index (χ4v) is 1.78. The van der Waals surface area contributed by atoms with Crippen LogP contribution in [0.5, 0.6) is 0 Å². The number of hydrogen-bond acceptors (Lipinski definition) is 3. The standard InChI is InChI=1S/C16H19N3O/c1-3-4-16(20)19-14-9-10-15(17-11-14)18-13-7-5-12(2)6-8-13/h5-11H,3-4H2,1-2H3,(H,17,18)(H,19,20). The molecule has 0 unspecified atom stereocenters. The zero-order chi connectivity index (χ0) is 14.4. The molecule has 1 heterocycles. The molecule has 0 saturated heterocycles. The van der Waals surface area contributed by atoms with Crippen molar-refractivity contribution in [2.75, 3.05) is 10.6 Å². The van der Waals surface area contributed by atoms with E-state index in [-0.39, 0.29) is 5.91 Å². The molecule has 20 heavy (non-hydrogen) atoms. The largest absolute Gasteiger partial charge is 0.340 e. The number of carbonyl (C=O) groups is 1. The Labute approximate surface area is 119 Å². The third-order valence-electron chi connectivity index (χ3n) is 2.85. The summed E-state index contributed by atoms with van der Waals surface area (Å²) in [6, 6.07) is 11.8. The van der Waals surface area contributed by atoms with Crippen molar-refractivity contribution in [2.24, 2.45) is 0 Å². The molecule has 1 aromatic heterocycles. The predicted octanol–water partition coefficient (Wildman–Crippen LogP) is 3.87. The number of nitrogens with zero attached hydrogens (tertiary/aromatic N) is 1. The minimum Gasteiger partial charge on any atom is -0.340 e. The third kappa shape index (κ3) is 4.09. The van der Waals surface area contributed by atoms with E-state index in [4.69, 9.17) is 0 Å². The molecule has 2 rings (SSSR count). The number of aromatic nitrogens is 1. The van der Waals surface area contributed by atoms with Crippen molar-refractivity contribution in [3.63, 3.8) is 0 Å². The Hall–Kier alpha value is -2.36. The number of hydrogen-bond donors (Lipinski definition) is 2. The highest BCUT2D eigenvalue weighted by atomic mass is 16.1. The average Bonchev–Trinajstić information content (AvgIpc) is 2.44. The zero-order valence-corrected chi connectivity index (χ0v) is 11.8. The van der Waals surface area contributed by atoms with Gasteiger partial charge in [0.25, 0.3) is 0 Å². The molecule has 4 heteroatoms. The third-order valence-corrected chi connectivity index (χ3v) is 2.85. The number of rotatable bonds is 5. The molecular weight excluding hydrogens is 250 g/mol. The number of amides is 1. The van der Waals surface area contributed by atoms with Gasteiger partial charge >= 0.3 is 0 Å². The van der Waals surface area contributed by atoms with Crippen LogP contribution in [0.4, 0.5) is 17.2 Å². The maximum absolute atomic E-state index is 11.5. The first-order chi connectivity index (χ1) is 9.67. The fourth-order valence-electron chi connectivity index (χ4n) is 1.78. The Balaban J connectivity index is 1.97. The van der Waals surface area contributed by atoms with Gasteiger partial charge in [-0.3, -0.25) is 4.79 Å². The molecule has 0 bridgehead atoms. The Morgan fingerprint density at radius 1 is 1.10 bits per heavy atom. The van der Waals surface area contributed by atoms with Crippen LogP contribution < -0.4 is 10.6 Å². The molecule has 4 nitrogen and oxygen atoms in total. The molecule has 0 aliphatic carbocycles. The van der Waals surface area contributed by atoms with Crippen molar-refractivity contribution in [2.45, 2.75) is 26.7 Å². The van der Waals surface area contributed by atoms with Crippen LogP contribution in [0.1, 0.15) is 25.3 Å². The van der Waals surface area contributed by atoms with E-state index in [9.17, 15) is 4.79 Å². The number of anilines is 3. The summed E-state index contributed by atoms with van der Waals surface area (Å²) in [5.74, 6) is 0.774. The van der Waals surface area contributed by atoms with Gasteiger partial charge in [0.2, 0.25) is 5.91 Å². The normalized spacial score (nSPS) is 10.1. The molecule has 2 aromatic rings. The first-order valence-corrected chi connectivity index (χ1v) is 6.77. The Kier molecular flexibility index (Phi) is 4.71. The second-order valence-electron chi connectivity index (χ2n) is 4.72. The van der Waals surface area contributed by atoms with Crippen LogP contribution in [0, 0.1) is 6.92 Å². The first kappa shape index (κ1) is 14.1. The van der Waals surface area contributed by atoms with Crippen molar-refractivity contribution >= 4 is 23.1 Å². The molecule has 0 radical (unpaired) electrons. The molecule has 0 aliphatic rings. The Morgan fingerprint density at radius 3 is 2.40 bits per heavy atom. The summed E-state index contributed by atoms with van der Waals surface area (Å²) in [6.45, 7) is 4.03. The molecule has 1 amide bonds. The highest BCUT2D eigenvalue weighted by Crippen LogP contribution is 2.16. The maximum atomic E-state index is 11.5. The lowest BCUT2D eigenvalue weighted by Crippen LogP contribution is -2.10. The molecule has 0 saturated carbocycles. The Bertz CT molecular complexity index is 561. The number of nitrogens with one attached hydrogen (secondary N) is 2. The van der Waals surface area contributed by atoms with Crippen LogP contribution in [0.15, 0.2) is 42.6 Å². The van der Waals surface area contributed by atoms with Gasteiger partial charge in [0.1, 0.15) is 5.82 Å². The summed E-state index contributed by atoms with van der Waals surface area (Å²) in [7, 11) is 0. The van der Waals surface area contributed by atoms with Crippen LogP contribution in [0.2, 0.25) is 0 Å². The second kappa shape index (κ2) is 6.70. The first-order valence-electron chi connectivity index (χ1n) is 6.77. The van der Waals surface area contributed by atoms with Crippen LogP contribution in [0.3, 0.4) is 0 Å². The second-order valence-corrected chi connectivity index (χ2v) is 4.72. The van der Waals surface area contributed by atoms with E-state index in [0.717, 1.165) is 23.6 Å². The van der Waals surface area contributed by atoms with E-state index < -0.39 is 0 Å². The van der Waals surface area contributed by atoms with E-state index in [1.165, 1.54) is 5.56 Å². The van der Waals surface area contributed by atoms with Gasteiger partial charge in [0.15, 0.2) is 0 Å². The van der Waals surface area contributed by atoms with Crippen molar-refractivity contribution in [3.8, 4) is 0 Å². The van der Waals surface area contributed by atoms with E-state index in [2.05, 4.69) is 22.5 Å². The summed E-state index contributed by atoms with van der Waals surface area (Å²) in [4.78, 5) is 15.7. The topological polar surface area (TPSA) is 54.0 Å². The van der Waals surface area contributed by atoms with Gasteiger partial charge in [-0.2, -0.15) is 0 Å². The lowest BCUT2D eigenvalue weighted by Gasteiger charge is -2.07. The highest BCUT2D eigenvalue weighted by molar-refractivity contribution is 5.90. The monoisotopic (exact) mass is 269 g/mol. The van der Waals surface area contributed by atoms with Gasteiger partial charge in [0, 0.05) is 12.1 Å². The van der Waals surface area contributed by atoms with Crippen molar-refractivity contribution in [3.05, 3.63) is 48.2 Å². The summed E-state index contributed by atoms with van der Waals surface area (Å²) in [5, 5.41) is 6.03. The van der Waals surface area contributed by atoms with Crippen molar-refractivity contribution in [1.29, 1.82) is 0 Å². The number of benzene rings is 1. The number of aryl methyl sites for hydroxylation is 1. The molecule has 104 valence electrons. The van der Waals surface area contributed by atoms with Crippen molar-refractivity contribution < 1.29 is 4.79 Å². The van der Waals surface area contributed by atoms with E-state index in [1.807, 2.05) is 43.3 Å². The van der Waals surface area contributed by atoms with Crippen molar-refractivity contribution in [1.82, 2.24) is 4.98 Å². The SMILES string of the molecule is CCCC(=O)Nc1ccc(Nc2ccc(C)cc2)nc1. The average molecular weight is 269 g/mol. The van der Waals surface area contributed by atoms with Crippen LogP contribution >= 0.6 is 0 Å². The van der Waals surface area contributed by atoms with Gasteiger partial charge in [-0.25, -0.2) is 4.98 Å². The van der Waals surface area contributed by atoms with Gasteiger partial charge in [-0.1, -0.05) is 24.6 Å². The minimum atomic E-state index is 0.0218. The minimum absolute atomic E-state index is 0.0218. The van der Waals surface area contributed by atoms with Gasteiger partial charge < -0.3 is 10.6 Å². The summed E-state index contributed by atoms with van der Waals surface area (Å²) < 4.78 is 0. The highest BCUT2D eigenvalue weighted by Gasteiger charge is 2.01. The fraction of sp³-hybridized carbons (Fsp3) is 0.250. The molecule has 1 aromatic carbocycles. The molecule has 0 aliphatic heterocycles. The van der Waals surface area contributed by atoms with Gasteiger partial charge in [-0.05, 0) is 37.6 Å². The molecule has 0 atom stereocenters. The molecule has 0 fully saturated rings. The summed E-state index contributed by atoms with van der Waals surface area (Å²) >= 11 is 0. The quantitative estimate of drug-likeness (QED) is 0.866. The summed E-state index contributed by atoms with van der Waals surface area (Å²) in [5.41, 5.74) is 2.93. The maximum Gasteiger partial charge on any atom is 0.224 e. The number of pyridine rings is 1. The smallest absolute Gasteiger partial charge is 0.224 e. The zero-order valence-electron chi connectivity index (χ0n) is 11.8. The van der Waals surface area contributed by atoms with Gasteiger partial charge in [-0.15, -0.1) is 0 Å². The van der Waals surface area contributed by atoms with Crippen LogP contribution in [-0.2, 0) is 4.79 Å². The van der Waals surface area contributed by atoms with Gasteiger partial charge in [0.05, 0.1) is 11.9 Å². The lowest BCUT2D eigenvalue weighted by molar-refractivity contribution is -0.116. The molecule has 2 N–H and O–H groups in total.